The van der Waals surface area contributed by atoms with Crippen LogP contribution in [0.2, 0.25) is 5.02 Å². The van der Waals surface area contributed by atoms with Crippen LogP contribution in [0, 0.1) is 6.92 Å². The van der Waals surface area contributed by atoms with Crippen molar-refractivity contribution in [3.8, 4) is 22.4 Å². The minimum Gasteiger partial charge on any atom is -0.396 e. The normalized spacial score (nSPS) is 11.1. The van der Waals surface area contributed by atoms with Crippen molar-refractivity contribution in [2.24, 2.45) is 0 Å². The van der Waals surface area contributed by atoms with E-state index in [9.17, 15) is 4.79 Å². The molecule has 0 atom stereocenters. The van der Waals surface area contributed by atoms with E-state index in [1.54, 1.807) is 23.0 Å². The summed E-state index contributed by atoms with van der Waals surface area (Å²) in [5.74, 6) is 0.424. The Bertz CT molecular complexity index is 1340. The molecule has 0 aliphatic rings. The first-order valence-electron chi connectivity index (χ1n) is 10.5. The summed E-state index contributed by atoms with van der Waals surface area (Å²) in [4.78, 5) is 26.6. The van der Waals surface area contributed by atoms with Crippen molar-refractivity contribution in [3.05, 3.63) is 69.7 Å². The molecule has 0 aliphatic heterocycles. The van der Waals surface area contributed by atoms with Crippen LogP contribution in [0.25, 0.3) is 33.4 Å². The van der Waals surface area contributed by atoms with Gasteiger partial charge in [-0.25, -0.2) is 4.98 Å². The Morgan fingerprint density at radius 1 is 1.16 bits per heavy atom. The van der Waals surface area contributed by atoms with Gasteiger partial charge in [0.15, 0.2) is 0 Å². The predicted octanol–water partition coefficient (Wildman–Crippen LogP) is 4.30. The van der Waals surface area contributed by atoms with Crippen molar-refractivity contribution < 1.29 is 5.11 Å². The van der Waals surface area contributed by atoms with Gasteiger partial charge < -0.3 is 10.4 Å². The molecule has 0 amide bonds. The van der Waals surface area contributed by atoms with Gasteiger partial charge in [-0.1, -0.05) is 29.8 Å². The third-order valence-corrected chi connectivity index (χ3v) is 5.62. The number of halogens is 1. The fraction of sp³-hybridized carbons (Fsp3) is 0.250. The zero-order valence-electron chi connectivity index (χ0n) is 18.0. The SMILES string of the molecule is CCn1c(=O)c(-c2ccc(-c3ncccc3C)cc2Cl)cc2cnc(NCCCO)nc21. The number of pyridine rings is 2. The van der Waals surface area contributed by atoms with Gasteiger partial charge in [0, 0.05) is 59.2 Å². The smallest absolute Gasteiger partial charge is 0.260 e. The number of aromatic nitrogens is 4. The van der Waals surface area contributed by atoms with Gasteiger partial charge in [0.25, 0.3) is 5.56 Å². The van der Waals surface area contributed by atoms with Gasteiger partial charge in [0.05, 0.1) is 5.69 Å². The fourth-order valence-electron chi connectivity index (χ4n) is 3.68. The first-order chi connectivity index (χ1) is 15.5. The molecule has 0 radical (unpaired) electrons. The standard InChI is InChI=1S/C24H24ClN5O2/c1-3-30-22-17(14-28-24(29-22)27-10-5-11-31)12-19(23(30)32)18-8-7-16(13-20(18)25)21-15(2)6-4-9-26-21/h4,6-9,12-14,31H,3,5,10-11H2,1-2H3,(H,27,28,29). The van der Waals surface area contributed by atoms with Crippen LogP contribution in [0.15, 0.2) is 53.6 Å². The van der Waals surface area contributed by atoms with Crippen LogP contribution in [0.3, 0.4) is 0 Å². The second-order valence-corrected chi connectivity index (χ2v) is 7.85. The first-order valence-corrected chi connectivity index (χ1v) is 10.9. The maximum atomic E-state index is 13.3. The molecule has 0 fully saturated rings. The highest BCUT2D eigenvalue weighted by Crippen LogP contribution is 2.32. The van der Waals surface area contributed by atoms with Crippen LogP contribution in [-0.4, -0.2) is 37.8 Å². The zero-order chi connectivity index (χ0) is 22.7. The summed E-state index contributed by atoms with van der Waals surface area (Å²) in [5.41, 5.74) is 4.36. The van der Waals surface area contributed by atoms with E-state index in [1.165, 1.54) is 0 Å². The van der Waals surface area contributed by atoms with Crippen molar-refractivity contribution in [1.29, 1.82) is 0 Å². The number of hydrogen-bond donors (Lipinski definition) is 2. The molecule has 2 N–H and O–H groups in total. The van der Waals surface area contributed by atoms with Crippen LogP contribution in [0.5, 0.6) is 0 Å². The largest absolute Gasteiger partial charge is 0.396 e. The Labute approximate surface area is 190 Å². The van der Waals surface area contributed by atoms with E-state index in [4.69, 9.17) is 16.7 Å². The van der Waals surface area contributed by atoms with E-state index < -0.39 is 0 Å². The molecular weight excluding hydrogens is 426 g/mol. The number of aliphatic hydroxyl groups excluding tert-OH is 1. The summed E-state index contributed by atoms with van der Waals surface area (Å²) >= 11 is 6.64. The molecule has 0 unspecified atom stereocenters. The molecule has 164 valence electrons. The van der Waals surface area contributed by atoms with Crippen molar-refractivity contribution in [1.82, 2.24) is 19.5 Å². The van der Waals surface area contributed by atoms with E-state index in [2.05, 4.69) is 20.3 Å². The number of fused-ring (bicyclic) bond motifs is 1. The molecule has 1 aromatic carbocycles. The van der Waals surface area contributed by atoms with Crippen molar-refractivity contribution in [2.45, 2.75) is 26.8 Å². The lowest BCUT2D eigenvalue weighted by molar-refractivity contribution is 0.292. The highest BCUT2D eigenvalue weighted by Gasteiger charge is 2.16. The van der Waals surface area contributed by atoms with Crippen LogP contribution < -0.4 is 10.9 Å². The van der Waals surface area contributed by atoms with Gasteiger partial charge in [-0.15, -0.1) is 0 Å². The molecule has 0 saturated carbocycles. The van der Waals surface area contributed by atoms with Gasteiger partial charge in [-0.3, -0.25) is 14.3 Å². The molecule has 4 aromatic rings. The number of benzene rings is 1. The number of aryl methyl sites for hydroxylation is 2. The van der Waals surface area contributed by atoms with Crippen molar-refractivity contribution in [3.63, 3.8) is 0 Å². The number of nitrogens with zero attached hydrogens (tertiary/aromatic N) is 4. The van der Waals surface area contributed by atoms with Crippen molar-refractivity contribution in [2.75, 3.05) is 18.5 Å². The van der Waals surface area contributed by atoms with Gasteiger partial charge in [-0.05, 0) is 44.0 Å². The van der Waals surface area contributed by atoms with Crippen LogP contribution >= 0.6 is 11.6 Å². The molecule has 0 aliphatic carbocycles. The number of aliphatic hydroxyl groups is 1. The molecule has 0 saturated heterocycles. The molecule has 0 spiro atoms. The number of nitrogens with one attached hydrogen (secondary N) is 1. The Kier molecular flexibility index (Phi) is 6.48. The average Bonchev–Trinajstić information content (AvgIpc) is 2.79. The minimum atomic E-state index is -0.163. The molecule has 32 heavy (non-hydrogen) atoms. The molecule has 8 heteroatoms. The third-order valence-electron chi connectivity index (χ3n) is 5.30. The van der Waals surface area contributed by atoms with Gasteiger partial charge >= 0.3 is 0 Å². The van der Waals surface area contributed by atoms with Crippen molar-refractivity contribution >= 4 is 28.6 Å². The van der Waals surface area contributed by atoms with Crippen LogP contribution in [0.1, 0.15) is 18.9 Å². The second-order valence-electron chi connectivity index (χ2n) is 7.45. The van der Waals surface area contributed by atoms with Gasteiger partial charge in [0.2, 0.25) is 5.95 Å². The van der Waals surface area contributed by atoms with E-state index >= 15 is 0 Å². The van der Waals surface area contributed by atoms with Gasteiger partial charge in [0.1, 0.15) is 5.65 Å². The number of rotatable bonds is 7. The lowest BCUT2D eigenvalue weighted by Crippen LogP contribution is -2.22. The number of hydrogen-bond acceptors (Lipinski definition) is 6. The minimum absolute atomic E-state index is 0.0864. The third kappa shape index (κ3) is 4.22. The Balaban J connectivity index is 1.79. The van der Waals surface area contributed by atoms with E-state index in [0.717, 1.165) is 22.2 Å². The van der Waals surface area contributed by atoms with E-state index in [1.807, 2.05) is 44.2 Å². The summed E-state index contributed by atoms with van der Waals surface area (Å²) < 4.78 is 1.62. The Morgan fingerprint density at radius 2 is 2.00 bits per heavy atom. The summed E-state index contributed by atoms with van der Waals surface area (Å²) in [7, 11) is 0. The van der Waals surface area contributed by atoms with E-state index in [-0.39, 0.29) is 12.2 Å². The highest BCUT2D eigenvalue weighted by molar-refractivity contribution is 6.33. The number of anilines is 1. The topological polar surface area (TPSA) is 92.9 Å². The molecule has 3 aromatic heterocycles. The Hall–Kier alpha value is -3.29. The summed E-state index contributed by atoms with van der Waals surface area (Å²) in [5, 5.41) is 13.2. The van der Waals surface area contributed by atoms with Crippen LogP contribution in [0.4, 0.5) is 5.95 Å². The summed E-state index contributed by atoms with van der Waals surface area (Å²) in [6, 6.07) is 11.3. The summed E-state index contributed by atoms with van der Waals surface area (Å²) in [6.07, 6.45) is 4.03. The Morgan fingerprint density at radius 3 is 2.72 bits per heavy atom. The molecule has 0 bridgehead atoms. The zero-order valence-corrected chi connectivity index (χ0v) is 18.7. The maximum absolute atomic E-state index is 13.3. The lowest BCUT2D eigenvalue weighted by atomic mass is 10.0. The molecule has 3 heterocycles. The van der Waals surface area contributed by atoms with E-state index in [0.29, 0.717) is 47.3 Å². The second kappa shape index (κ2) is 9.46. The fourth-order valence-corrected chi connectivity index (χ4v) is 3.96. The first kappa shape index (κ1) is 21.9. The lowest BCUT2D eigenvalue weighted by Gasteiger charge is -2.13. The molecular formula is C24H24ClN5O2. The average molecular weight is 450 g/mol. The quantitative estimate of drug-likeness (QED) is 0.409. The monoisotopic (exact) mass is 449 g/mol. The predicted molar refractivity (Wildman–Crippen MR) is 128 cm³/mol. The molecule has 7 nitrogen and oxygen atoms in total. The highest BCUT2D eigenvalue weighted by atomic mass is 35.5. The maximum Gasteiger partial charge on any atom is 0.260 e. The summed E-state index contributed by atoms with van der Waals surface area (Å²) in [6.45, 7) is 5.00. The van der Waals surface area contributed by atoms with Gasteiger partial charge in [-0.2, -0.15) is 4.98 Å². The van der Waals surface area contributed by atoms with Crippen LogP contribution in [-0.2, 0) is 6.54 Å². The molecule has 4 rings (SSSR count).